The highest BCUT2D eigenvalue weighted by Gasteiger charge is 2.37. The molecule has 2 N–H and O–H groups in total. The number of amides is 2. The minimum absolute atomic E-state index is 0.100. The topological polar surface area (TPSA) is 114 Å². The number of carbonyl (C=O) groups excluding carboxylic acids is 2. The van der Waals surface area contributed by atoms with Crippen molar-refractivity contribution in [3.05, 3.63) is 59.7 Å². The van der Waals surface area contributed by atoms with E-state index in [1.54, 1.807) is 0 Å². The second-order valence-corrected chi connectivity index (χ2v) is 7.94. The summed E-state index contributed by atoms with van der Waals surface area (Å²) in [5, 5.41) is 11.9. The molecule has 1 fully saturated rings. The van der Waals surface area contributed by atoms with Crippen molar-refractivity contribution in [3.8, 4) is 11.1 Å². The van der Waals surface area contributed by atoms with Gasteiger partial charge >= 0.3 is 12.1 Å². The largest absolute Gasteiger partial charge is 0.480 e. The SMILES string of the molecule is COC[C@H](NC(=O)OCC1c2ccccc2-c2ccccc21)C(=O)N1CCOCC1C(=O)O. The number of ether oxygens (including phenoxy) is 3. The van der Waals surface area contributed by atoms with Gasteiger partial charge in [-0.3, -0.25) is 4.79 Å². The fraction of sp³-hybridized carbons (Fsp3) is 0.375. The molecule has 0 aromatic heterocycles. The molecule has 0 saturated carbocycles. The first-order valence-corrected chi connectivity index (χ1v) is 10.7. The molecule has 0 radical (unpaired) electrons. The van der Waals surface area contributed by atoms with E-state index >= 15 is 0 Å². The Bertz CT molecular complexity index is 995. The molecule has 1 saturated heterocycles. The van der Waals surface area contributed by atoms with Gasteiger partial charge < -0.3 is 29.5 Å². The van der Waals surface area contributed by atoms with Crippen LogP contribution >= 0.6 is 0 Å². The Labute approximate surface area is 191 Å². The van der Waals surface area contributed by atoms with E-state index in [0.29, 0.717) is 0 Å². The molecule has 0 spiro atoms. The van der Waals surface area contributed by atoms with Crippen LogP contribution in [0, 0.1) is 0 Å². The number of hydrogen-bond donors (Lipinski definition) is 2. The Balaban J connectivity index is 1.43. The number of nitrogens with zero attached hydrogens (tertiary/aromatic N) is 1. The summed E-state index contributed by atoms with van der Waals surface area (Å²) in [4.78, 5) is 38.3. The van der Waals surface area contributed by atoms with Gasteiger partial charge in [0.2, 0.25) is 5.91 Å². The lowest BCUT2D eigenvalue weighted by Gasteiger charge is -2.35. The molecule has 1 aliphatic heterocycles. The van der Waals surface area contributed by atoms with Gasteiger partial charge in [-0.25, -0.2) is 9.59 Å². The maximum absolute atomic E-state index is 13.0. The van der Waals surface area contributed by atoms with Crippen LogP contribution in [0.2, 0.25) is 0 Å². The van der Waals surface area contributed by atoms with E-state index in [-0.39, 0.29) is 38.9 Å². The molecule has 1 heterocycles. The summed E-state index contributed by atoms with van der Waals surface area (Å²) < 4.78 is 15.8. The average molecular weight is 454 g/mol. The second-order valence-electron chi connectivity index (χ2n) is 7.94. The van der Waals surface area contributed by atoms with Crippen molar-refractivity contribution < 1.29 is 33.7 Å². The van der Waals surface area contributed by atoms with Gasteiger partial charge in [-0.2, -0.15) is 0 Å². The molecule has 33 heavy (non-hydrogen) atoms. The number of morpholine rings is 1. The highest BCUT2D eigenvalue weighted by molar-refractivity contribution is 5.89. The van der Waals surface area contributed by atoms with E-state index < -0.39 is 30.1 Å². The maximum Gasteiger partial charge on any atom is 0.407 e. The third kappa shape index (κ3) is 4.69. The highest BCUT2D eigenvalue weighted by Crippen LogP contribution is 2.44. The third-order valence-corrected chi connectivity index (χ3v) is 5.96. The van der Waals surface area contributed by atoms with Crippen LogP contribution in [0.1, 0.15) is 17.0 Å². The van der Waals surface area contributed by atoms with Gasteiger partial charge in [0, 0.05) is 19.6 Å². The first-order chi connectivity index (χ1) is 16.0. The molecule has 1 aliphatic carbocycles. The molecule has 2 aromatic carbocycles. The average Bonchev–Trinajstić information content (AvgIpc) is 3.15. The summed E-state index contributed by atoms with van der Waals surface area (Å²) in [6.07, 6.45) is -0.771. The number of nitrogens with one attached hydrogen (secondary N) is 1. The Morgan fingerprint density at radius 3 is 2.36 bits per heavy atom. The van der Waals surface area contributed by atoms with Crippen molar-refractivity contribution in [2.75, 3.05) is 40.1 Å². The van der Waals surface area contributed by atoms with Gasteiger partial charge in [0.15, 0.2) is 6.04 Å². The zero-order valence-corrected chi connectivity index (χ0v) is 18.2. The fourth-order valence-corrected chi connectivity index (χ4v) is 4.40. The predicted octanol–water partition coefficient (Wildman–Crippen LogP) is 1.85. The van der Waals surface area contributed by atoms with Gasteiger partial charge in [0.25, 0.3) is 0 Å². The number of carboxylic acid groups (broad SMARTS) is 1. The van der Waals surface area contributed by atoms with Crippen LogP contribution in [0.5, 0.6) is 0 Å². The molecule has 2 amide bonds. The van der Waals surface area contributed by atoms with Gasteiger partial charge in [-0.05, 0) is 22.3 Å². The van der Waals surface area contributed by atoms with Crippen LogP contribution in [0.3, 0.4) is 0 Å². The number of rotatable bonds is 7. The molecule has 2 aromatic rings. The standard InChI is InChI=1S/C24H26N2O7/c1-31-13-20(22(27)26-10-11-32-14-21(26)23(28)29)25-24(30)33-12-19-17-8-4-2-6-15(17)16-7-3-5-9-18(16)19/h2-9,19-21H,10-14H2,1H3,(H,25,30)(H,28,29)/t20-,21?/m0/s1. The van der Waals surface area contributed by atoms with E-state index in [0.717, 1.165) is 22.3 Å². The van der Waals surface area contributed by atoms with Crippen molar-refractivity contribution in [2.24, 2.45) is 0 Å². The number of benzene rings is 2. The summed E-state index contributed by atoms with van der Waals surface area (Å²) in [5.41, 5.74) is 4.38. The third-order valence-electron chi connectivity index (χ3n) is 5.96. The molecule has 9 heteroatoms. The van der Waals surface area contributed by atoms with Crippen LogP contribution < -0.4 is 5.32 Å². The fourth-order valence-electron chi connectivity index (χ4n) is 4.40. The summed E-state index contributed by atoms with van der Waals surface area (Å²) in [5.74, 6) is -1.84. The van der Waals surface area contributed by atoms with Crippen molar-refractivity contribution in [3.63, 3.8) is 0 Å². The summed E-state index contributed by atoms with van der Waals surface area (Å²) >= 11 is 0. The molecule has 4 rings (SSSR count). The van der Waals surface area contributed by atoms with Crippen molar-refractivity contribution in [1.29, 1.82) is 0 Å². The normalized spacial score (nSPS) is 18.2. The van der Waals surface area contributed by atoms with E-state index in [1.165, 1.54) is 12.0 Å². The summed E-state index contributed by atoms with van der Waals surface area (Å²) in [7, 11) is 1.40. The number of hydrogen-bond acceptors (Lipinski definition) is 6. The van der Waals surface area contributed by atoms with Crippen molar-refractivity contribution in [2.45, 2.75) is 18.0 Å². The quantitative estimate of drug-likeness (QED) is 0.656. The number of fused-ring (bicyclic) bond motifs is 3. The van der Waals surface area contributed by atoms with Crippen LogP contribution in [0.4, 0.5) is 4.79 Å². The number of methoxy groups -OCH3 is 1. The lowest BCUT2D eigenvalue weighted by molar-refractivity contribution is -0.159. The van der Waals surface area contributed by atoms with E-state index in [9.17, 15) is 19.5 Å². The maximum atomic E-state index is 13.0. The monoisotopic (exact) mass is 454 g/mol. The Kier molecular flexibility index (Phi) is 6.90. The molecule has 0 bridgehead atoms. The van der Waals surface area contributed by atoms with Crippen LogP contribution in [-0.4, -0.2) is 80.1 Å². The lowest BCUT2D eigenvalue weighted by atomic mass is 9.98. The van der Waals surface area contributed by atoms with Crippen LogP contribution in [0.25, 0.3) is 11.1 Å². The smallest absolute Gasteiger partial charge is 0.407 e. The molecular formula is C24H26N2O7. The van der Waals surface area contributed by atoms with Gasteiger partial charge in [-0.15, -0.1) is 0 Å². The predicted molar refractivity (Wildman–Crippen MR) is 118 cm³/mol. The van der Waals surface area contributed by atoms with Crippen LogP contribution in [0.15, 0.2) is 48.5 Å². The zero-order chi connectivity index (χ0) is 23.4. The molecular weight excluding hydrogens is 428 g/mol. The summed E-state index contributed by atoms with van der Waals surface area (Å²) in [6, 6.07) is 13.8. The molecule has 174 valence electrons. The number of alkyl carbamates (subject to hydrolysis) is 1. The molecule has 9 nitrogen and oxygen atoms in total. The highest BCUT2D eigenvalue weighted by atomic mass is 16.5. The van der Waals surface area contributed by atoms with E-state index in [1.807, 2.05) is 48.5 Å². The number of aliphatic carboxylic acids is 1. The lowest BCUT2D eigenvalue weighted by Crippen LogP contribution is -2.59. The van der Waals surface area contributed by atoms with Crippen molar-refractivity contribution >= 4 is 18.0 Å². The second kappa shape index (κ2) is 10.0. The van der Waals surface area contributed by atoms with Gasteiger partial charge in [0.1, 0.15) is 12.6 Å². The molecule has 2 aliphatic rings. The van der Waals surface area contributed by atoms with Gasteiger partial charge in [0.05, 0.1) is 19.8 Å². The zero-order valence-electron chi connectivity index (χ0n) is 18.2. The number of carbonyl (C=O) groups is 3. The molecule has 2 atom stereocenters. The molecule has 1 unspecified atom stereocenters. The minimum atomic E-state index is -1.17. The van der Waals surface area contributed by atoms with Gasteiger partial charge in [-0.1, -0.05) is 48.5 Å². The van der Waals surface area contributed by atoms with E-state index in [4.69, 9.17) is 14.2 Å². The number of carboxylic acids is 1. The minimum Gasteiger partial charge on any atom is -0.480 e. The Morgan fingerprint density at radius 1 is 1.12 bits per heavy atom. The van der Waals surface area contributed by atoms with E-state index in [2.05, 4.69) is 5.32 Å². The summed E-state index contributed by atoms with van der Waals surface area (Å²) in [6.45, 7) is 0.212. The Morgan fingerprint density at radius 2 is 1.76 bits per heavy atom. The Hall–Kier alpha value is -3.43. The van der Waals surface area contributed by atoms with Crippen LogP contribution in [-0.2, 0) is 23.8 Å². The first kappa shape index (κ1) is 22.8. The van der Waals surface area contributed by atoms with Crippen molar-refractivity contribution in [1.82, 2.24) is 10.2 Å². The first-order valence-electron chi connectivity index (χ1n) is 10.7.